The maximum absolute atomic E-state index is 12.3. The smallest absolute Gasteiger partial charge is 0.242 e. The number of hydrogen-bond acceptors (Lipinski definition) is 3. The van der Waals surface area contributed by atoms with Gasteiger partial charge in [0, 0.05) is 30.9 Å². The molecule has 120 valence electrons. The third-order valence-electron chi connectivity index (χ3n) is 4.12. The fourth-order valence-corrected chi connectivity index (χ4v) is 2.80. The second kappa shape index (κ2) is 7.29. The van der Waals surface area contributed by atoms with Crippen molar-refractivity contribution < 1.29 is 9.59 Å². The van der Waals surface area contributed by atoms with Gasteiger partial charge in [0.1, 0.15) is 0 Å². The first-order valence-electron chi connectivity index (χ1n) is 7.89. The average molecular weight is 303 g/mol. The average Bonchev–Trinajstić information content (AvgIpc) is 2.47. The van der Waals surface area contributed by atoms with Gasteiger partial charge >= 0.3 is 0 Å². The zero-order valence-corrected chi connectivity index (χ0v) is 13.6. The highest BCUT2D eigenvalue weighted by Crippen LogP contribution is 2.21. The van der Waals surface area contributed by atoms with Crippen molar-refractivity contribution in [2.45, 2.75) is 46.1 Å². The lowest BCUT2D eigenvalue weighted by Gasteiger charge is -2.33. The Morgan fingerprint density at radius 2 is 2.09 bits per heavy atom. The van der Waals surface area contributed by atoms with Crippen LogP contribution in [0.3, 0.4) is 0 Å². The van der Waals surface area contributed by atoms with Crippen molar-refractivity contribution in [3.05, 3.63) is 23.8 Å². The molecule has 1 saturated heterocycles. The van der Waals surface area contributed by atoms with Crippen LogP contribution in [-0.2, 0) is 9.59 Å². The fourth-order valence-electron chi connectivity index (χ4n) is 2.80. The van der Waals surface area contributed by atoms with Crippen molar-refractivity contribution >= 4 is 23.2 Å². The normalized spacial score (nSPS) is 18.0. The maximum atomic E-state index is 12.3. The van der Waals surface area contributed by atoms with Gasteiger partial charge in [-0.05, 0) is 50.8 Å². The number of anilines is 2. The minimum Gasteiger partial charge on any atom is -0.376 e. The molecule has 0 radical (unpaired) electrons. The minimum atomic E-state index is -0.0986. The van der Waals surface area contributed by atoms with Crippen LogP contribution in [0.5, 0.6) is 0 Å². The number of nitrogens with one attached hydrogen (secondary N) is 2. The van der Waals surface area contributed by atoms with Crippen LogP contribution < -0.4 is 10.6 Å². The van der Waals surface area contributed by atoms with Crippen LogP contribution in [0.25, 0.3) is 0 Å². The van der Waals surface area contributed by atoms with E-state index in [9.17, 15) is 9.59 Å². The molecule has 2 rings (SSSR count). The Bertz CT molecular complexity index is 557. The molecule has 0 aromatic heterocycles. The van der Waals surface area contributed by atoms with Crippen molar-refractivity contribution in [3.8, 4) is 0 Å². The van der Waals surface area contributed by atoms with Gasteiger partial charge in [0.05, 0.1) is 6.54 Å². The number of benzene rings is 1. The number of hydrogen-bond donors (Lipinski definition) is 2. The lowest BCUT2D eigenvalue weighted by molar-refractivity contribution is -0.132. The van der Waals surface area contributed by atoms with Crippen LogP contribution in [0.4, 0.5) is 11.4 Å². The summed E-state index contributed by atoms with van der Waals surface area (Å²) >= 11 is 0. The van der Waals surface area contributed by atoms with E-state index in [0.717, 1.165) is 36.3 Å². The highest BCUT2D eigenvalue weighted by Gasteiger charge is 2.22. The zero-order valence-electron chi connectivity index (χ0n) is 13.6. The Hall–Kier alpha value is -2.04. The second-order valence-electron chi connectivity index (χ2n) is 6.00. The summed E-state index contributed by atoms with van der Waals surface area (Å²) in [5, 5.41) is 5.96. The van der Waals surface area contributed by atoms with E-state index in [1.54, 1.807) is 0 Å². The topological polar surface area (TPSA) is 61.4 Å². The van der Waals surface area contributed by atoms with Crippen LogP contribution in [0.1, 0.15) is 38.7 Å². The Kier molecular flexibility index (Phi) is 5.41. The molecule has 1 aromatic carbocycles. The van der Waals surface area contributed by atoms with Gasteiger partial charge in [0.2, 0.25) is 11.8 Å². The Labute approximate surface area is 132 Å². The molecule has 1 unspecified atom stereocenters. The Balaban J connectivity index is 1.96. The number of aryl methyl sites for hydroxylation is 1. The van der Waals surface area contributed by atoms with E-state index >= 15 is 0 Å². The van der Waals surface area contributed by atoms with Crippen molar-refractivity contribution in [3.63, 3.8) is 0 Å². The van der Waals surface area contributed by atoms with E-state index < -0.39 is 0 Å². The van der Waals surface area contributed by atoms with E-state index in [0.29, 0.717) is 6.04 Å². The van der Waals surface area contributed by atoms with Gasteiger partial charge in [-0.3, -0.25) is 9.59 Å². The summed E-state index contributed by atoms with van der Waals surface area (Å²) < 4.78 is 0. The van der Waals surface area contributed by atoms with E-state index in [1.807, 2.05) is 30.0 Å². The number of piperidine rings is 1. The molecule has 0 aliphatic carbocycles. The molecule has 1 fully saturated rings. The molecule has 1 aromatic rings. The van der Waals surface area contributed by atoms with Gasteiger partial charge in [-0.2, -0.15) is 0 Å². The lowest BCUT2D eigenvalue weighted by atomic mass is 10.0. The van der Waals surface area contributed by atoms with E-state index in [2.05, 4.69) is 17.6 Å². The molecule has 5 nitrogen and oxygen atoms in total. The molecule has 1 heterocycles. The van der Waals surface area contributed by atoms with E-state index in [1.165, 1.54) is 13.3 Å². The van der Waals surface area contributed by atoms with E-state index in [-0.39, 0.29) is 18.4 Å². The van der Waals surface area contributed by atoms with Gasteiger partial charge in [-0.1, -0.05) is 6.07 Å². The number of nitrogens with zero attached hydrogens (tertiary/aromatic N) is 1. The van der Waals surface area contributed by atoms with Crippen LogP contribution in [-0.4, -0.2) is 35.8 Å². The first-order valence-corrected chi connectivity index (χ1v) is 7.89. The molecular weight excluding hydrogens is 278 g/mol. The quantitative estimate of drug-likeness (QED) is 0.899. The summed E-state index contributed by atoms with van der Waals surface area (Å²) in [4.78, 5) is 25.5. The minimum absolute atomic E-state index is 0.0986. The summed E-state index contributed by atoms with van der Waals surface area (Å²) in [7, 11) is 0. The van der Waals surface area contributed by atoms with Gasteiger partial charge < -0.3 is 15.5 Å². The molecule has 2 N–H and O–H groups in total. The monoisotopic (exact) mass is 303 g/mol. The van der Waals surface area contributed by atoms with Gasteiger partial charge in [-0.25, -0.2) is 0 Å². The van der Waals surface area contributed by atoms with Gasteiger partial charge in [0.25, 0.3) is 0 Å². The summed E-state index contributed by atoms with van der Waals surface area (Å²) in [5.41, 5.74) is 2.61. The largest absolute Gasteiger partial charge is 0.376 e. The van der Waals surface area contributed by atoms with Gasteiger partial charge in [-0.15, -0.1) is 0 Å². The summed E-state index contributed by atoms with van der Waals surface area (Å²) in [6.07, 6.45) is 3.38. The Morgan fingerprint density at radius 1 is 1.32 bits per heavy atom. The van der Waals surface area contributed by atoms with Crippen molar-refractivity contribution in [2.24, 2.45) is 0 Å². The fraction of sp³-hybridized carbons (Fsp3) is 0.529. The van der Waals surface area contributed by atoms with Gasteiger partial charge in [0.15, 0.2) is 0 Å². The van der Waals surface area contributed by atoms with E-state index in [4.69, 9.17) is 0 Å². The first kappa shape index (κ1) is 16.3. The first-order chi connectivity index (χ1) is 10.5. The van der Waals surface area contributed by atoms with Crippen LogP contribution in [0.15, 0.2) is 18.2 Å². The highest BCUT2D eigenvalue weighted by atomic mass is 16.2. The van der Waals surface area contributed by atoms with Crippen LogP contribution in [0, 0.1) is 6.92 Å². The van der Waals surface area contributed by atoms with Crippen LogP contribution >= 0.6 is 0 Å². The molecule has 1 aliphatic rings. The molecule has 2 amide bonds. The van der Waals surface area contributed by atoms with Crippen molar-refractivity contribution in [1.82, 2.24) is 4.90 Å². The predicted molar refractivity (Wildman–Crippen MR) is 89.0 cm³/mol. The summed E-state index contributed by atoms with van der Waals surface area (Å²) in [6, 6.07) is 6.05. The molecular formula is C17H25N3O2. The number of carbonyl (C=O) groups excluding carboxylic acids is 2. The third-order valence-corrected chi connectivity index (χ3v) is 4.12. The number of likely N-dealkylation sites (tertiary alicyclic amines) is 1. The molecule has 0 bridgehead atoms. The highest BCUT2D eigenvalue weighted by molar-refractivity contribution is 5.90. The number of rotatable bonds is 4. The lowest BCUT2D eigenvalue weighted by Crippen LogP contribution is -2.44. The van der Waals surface area contributed by atoms with Crippen molar-refractivity contribution in [1.29, 1.82) is 0 Å². The molecule has 1 atom stereocenters. The number of amides is 2. The third kappa shape index (κ3) is 4.23. The summed E-state index contributed by atoms with van der Waals surface area (Å²) in [5.74, 6) is 0.0346. The molecule has 0 spiro atoms. The maximum Gasteiger partial charge on any atom is 0.242 e. The predicted octanol–water partition coefficient (Wildman–Crippen LogP) is 2.77. The van der Waals surface area contributed by atoms with Crippen molar-refractivity contribution in [2.75, 3.05) is 23.7 Å². The molecule has 1 aliphatic heterocycles. The molecule has 0 saturated carbocycles. The Morgan fingerprint density at radius 3 is 2.77 bits per heavy atom. The standard InChI is InChI=1S/C17H25N3O2/c1-12-7-8-15(10-16(12)19-14(3)21)18-11-17(22)20-9-5-4-6-13(20)2/h7-8,10,13,18H,4-6,9,11H2,1-3H3,(H,19,21). The molecule has 5 heteroatoms. The summed E-state index contributed by atoms with van der Waals surface area (Å²) in [6.45, 7) is 6.67. The number of carbonyl (C=O) groups is 2. The molecule has 22 heavy (non-hydrogen) atoms. The second-order valence-corrected chi connectivity index (χ2v) is 6.00. The SMILES string of the molecule is CC(=O)Nc1cc(NCC(=O)N2CCCCC2C)ccc1C. The zero-order chi connectivity index (χ0) is 16.1. The van der Waals surface area contributed by atoms with Crippen LogP contribution in [0.2, 0.25) is 0 Å².